The molecule has 6 nitrogen and oxygen atoms in total. The molecule has 1 aromatic carbocycles. The fourth-order valence-electron chi connectivity index (χ4n) is 3.06. The third-order valence-corrected chi connectivity index (χ3v) is 6.80. The van der Waals surface area contributed by atoms with Gasteiger partial charge in [-0.15, -0.1) is 0 Å². The zero-order valence-corrected chi connectivity index (χ0v) is 14.7. The second-order valence-corrected chi connectivity index (χ2v) is 8.42. The van der Waals surface area contributed by atoms with Crippen molar-refractivity contribution in [3.05, 3.63) is 42.1 Å². The number of aromatic nitrogens is 2. The van der Waals surface area contributed by atoms with Crippen molar-refractivity contribution in [1.82, 2.24) is 9.78 Å². The third kappa shape index (κ3) is 3.08. The van der Waals surface area contributed by atoms with Gasteiger partial charge in [0.2, 0.25) is 0 Å². The van der Waals surface area contributed by atoms with Gasteiger partial charge in [-0.05, 0) is 37.1 Å². The molecule has 0 N–H and O–H groups in total. The molecule has 128 valence electrons. The van der Waals surface area contributed by atoms with Gasteiger partial charge in [0.05, 0.1) is 10.1 Å². The first kappa shape index (κ1) is 16.7. The lowest BCUT2D eigenvalue weighted by Gasteiger charge is -2.15. The summed E-state index contributed by atoms with van der Waals surface area (Å²) in [6, 6.07) is 7.96. The van der Waals surface area contributed by atoms with Crippen LogP contribution in [0.2, 0.25) is 0 Å². The summed E-state index contributed by atoms with van der Waals surface area (Å²) in [5.41, 5.74) is 0.438. The molecule has 1 heterocycles. The monoisotopic (exact) mass is 347 g/mol. The van der Waals surface area contributed by atoms with E-state index in [2.05, 4.69) is 5.10 Å². The summed E-state index contributed by atoms with van der Waals surface area (Å²) in [4.78, 5) is 14.2. The quantitative estimate of drug-likeness (QED) is 0.851. The summed E-state index contributed by atoms with van der Waals surface area (Å²) in [6.45, 7) is 0. The van der Waals surface area contributed by atoms with Gasteiger partial charge in [-0.1, -0.05) is 12.8 Å². The van der Waals surface area contributed by atoms with Crippen LogP contribution in [0.3, 0.4) is 0 Å². The van der Waals surface area contributed by atoms with Crippen LogP contribution < -0.4 is 4.90 Å². The summed E-state index contributed by atoms with van der Waals surface area (Å²) in [7, 11) is 0.138. The van der Waals surface area contributed by atoms with Crippen LogP contribution in [0.4, 0.5) is 5.82 Å². The first-order valence-electron chi connectivity index (χ1n) is 8.01. The minimum Gasteiger partial charge on any atom is -0.294 e. The maximum absolute atomic E-state index is 12.6. The van der Waals surface area contributed by atoms with Gasteiger partial charge < -0.3 is 0 Å². The average Bonchev–Trinajstić information content (AvgIpc) is 3.25. The number of carbonyl (C=O) groups is 1. The summed E-state index contributed by atoms with van der Waals surface area (Å²) < 4.78 is 26.8. The van der Waals surface area contributed by atoms with Crippen LogP contribution in [0.5, 0.6) is 0 Å². The average molecular weight is 347 g/mol. The molecule has 0 radical (unpaired) electrons. The van der Waals surface area contributed by atoms with Crippen LogP contribution in [-0.2, 0) is 16.9 Å². The van der Waals surface area contributed by atoms with Crippen LogP contribution in [0.15, 0.2) is 41.4 Å². The van der Waals surface area contributed by atoms with Crippen molar-refractivity contribution >= 4 is 21.6 Å². The van der Waals surface area contributed by atoms with Gasteiger partial charge >= 0.3 is 0 Å². The highest BCUT2D eigenvalue weighted by Gasteiger charge is 2.30. The largest absolute Gasteiger partial charge is 0.294 e. The molecule has 0 bridgehead atoms. The molecule has 1 fully saturated rings. The molecule has 0 atom stereocenters. The number of amides is 1. The Bertz CT molecular complexity index is 834. The van der Waals surface area contributed by atoms with E-state index in [0.29, 0.717) is 16.3 Å². The summed E-state index contributed by atoms with van der Waals surface area (Å²) in [6.07, 6.45) is 5.15. The maximum Gasteiger partial charge on any atom is 0.259 e. The predicted molar refractivity (Wildman–Crippen MR) is 91.8 cm³/mol. The molecule has 24 heavy (non-hydrogen) atoms. The highest BCUT2D eigenvalue weighted by atomic mass is 32.2. The fourth-order valence-corrected chi connectivity index (χ4v) is 4.91. The Labute approximate surface area is 142 Å². The van der Waals surface area contributed by atoms with Crippen LogP contribution in [0, 0.1) is 0 Å². The normalized spacial score (nSPS) is 15.6. The standard InChI is InChI=1S/C17H21N3O3S/c1-19-12-11-16(18-19)20(2)17(21)13-7-9-15(10-8-13)24(22,23)14-5-3-4-6-14/h7-12,14H,3-6H2,1-2H3. The number of hydrogen-bond acceptors (Lipinski definition) is 4. The van der Waals surface area contributed by atoms with E-state index in [1.54, 1.807) is 43.2 Å². The lowest BCUT2D eigenvalue weighted by Crippen LogP contribution is -2.27. The van der Waals surface area contributed by atoms with Crippen molar-refractivity contribution in [2.24, 2.45) is 7.05 Å². The minimum absolute atomic E-state index is 0.224. The Balaban J connectivity index is 1.80. The molecule has 0 unspecified atom stereocenters. The van der Waals surface area contributed by atoms with Crippen molar-refractivity contribution in [1.29, 1.82) is 0 Å². The van der Waals surface area contributed by atoms with Crippen LogP contribution in [0.1, 0.15) is 36.0 Å². The number of nitrogens with zero attached hydrogens (tertiary/aromatic N) is 3. The van der Waals surface area contributed by atoms with Crippen molar-refractivity contribution in [3.63, 3.8) is 0 Å². The van der Waals surface area contributed by atoms with Crippen LogP contribution in [-0.4, -0.2) is 36.4 Å². The predicted octanol–water partition coefficient (Wildman–Crippen LogP) is 2.41. The van der Waals surface area contributed by atoms with Gasteiger partial charge in [-0.3, -0.25) is 14.4 Å². The highest BCUT2D eigenvalue weighted by Crippen LogP contribution is 2.29. The second-order valence-electron chi connectivity index (χ2n) is 6.19. The molecule has 0 spiro atoms. The summed E-state index contributed by atoms with van der Waals surface area (Å²) in [5.74, 6) is 0.323. The second kappa shape index (κ2) is 6.39. The molecule has 2 aromatic rings. The smallest absolute Gasteiger partial charge is 0.259 e. The summed E-state index contributed by atoms with van der Waals surface area (Å²) >= 11 is 0. The minimum atomic E-state index is -3.29. The number of carbonyl (C=O) groups excluding carboxylic acids is 1. The molecule has 1 aliphatic rings. The van der Waals surface area contributed by atoms with Gasteiger partial charge in [0, 0.05) is 31.9 Å². The molecule has 1 aromatic heterocycles. The number of hydrogen-bond donors (Lipinski definition) is 0. The van der Waals surface area contributed by atoms with E-state index in [-0.39, 0.29) is 11.2 Å². The van der Waals surface area contributed by atoms with E-state index in [1.165, 1.54) is 17.0 Å². The number of sulfone groups is 1. The van der Waals surface area contributed by atoms with E-state index in [0.717, 1.165) is 25.7 Å². The Kier molecular flexibility index (Phi) is 4.45. The van der Waals surface area contributed by atoms with Gasteiger partial charge in [0.1, 0.15) is 0 Å². The van der Waals surface area contributed by atoms with E-state index >= 15 is 0 Å². The van der Waals surface area contributed by atoms with Gasteiger partial charge in [0.15, 0.2) is 15.7 Å². The van der Waals surface area contributed by atoms with Crippen molar-refractivity contribution < 1.29 is 13.2 Å². The van der Waals surface area contributed by atoms with Crippen LogP contribution in [0.25, 0.3) is 0 Å². The Morgan fingerprint density at radius 3 is 2.33 bits per heavy atom. The molecule has 0 aliphatic heterocycles. The molecule has 1 amide bonds. The molecular formula is C17H21N3O3S. The van der Waals surface area contributed by atoms with Crippen molar-refractivity contribution in [2.45, 2.75) is 35.8 Å². The van der Waals surface area contributed by atoms with Crippen molar-refractivity contribution in [2.75, 3.05) is 11.9 Å². The molecule has 3 rings (SSSR count). The van der Waals surface area contributed by atoms with Gasteiger partial charge in [-0.25, -0.2) is 8.42 Å². The number of rotatable bonds is 4. The molecule has 0 saturated heterocycles. The number of aryl methyl sites for hydroxylation is 1. The first-order chi connectivity index (χ1) is 11.4. The Morgan fingerprint density at radius 2 is 1.79 bits per heavy atom. The van der Waals surface area contributed by atoms with E-state index in [1.807, 2.05) is 0 Å². The number of anilines is 1. The molecule has 7 heteroatoms. The Morgan fingerprint density at radius 1 is 1.17 bits per heavy atom. The summed E-state index contributed by atoms with van der Waals surface area (Å²) in [5, 5.41) is 3.91. The lowest BCUT2D eigenvalue weighted by atomic mass is 10.2. The lowest BCUT2D eigenvalue weighted by molar-refractivity contribution is 0.0992. The molecule has 1 saturated carbocycles. The van der Waals surface area contributed by atoms with E-state index in [9.17, 15) is 13.2 Å². The Hall–Kier alpha value is -2.15. The number of benzene rings is 1. The van der Waals surface area contributed by atoms with Gasteiger partial charge in [0.25, 0.3) is 5.91 Å². The van der Waals surface area contributed by atoms with E-state index < -0.39 is 9.84 Å². The third-order valence-electron chi connectivity index (χ3n) is 4.52. The van der Waals surface area contributed by atoms with Gasteiger partial charge in [-0.2, -0.15) is 5.10 Å². The SMILES string of the molecule is CN(C(=O)c1ccc(S(=O)(=O)C2CCCC2)cc1)c1ccn(C)n1. The zero-order chi connectivity index (χ0) is 17.3. The first-order valence-corrected chi connectivity index (χ1v) is 9.56. The highest BCUT2D eigenvalue weighted by molar-refractivity contribution is 7.92. The topological polar surface area (TPSA) is 72.3 Å². The van der Waals surface area contributed by atoms with E-state index in [4.69, 9.17) is 0 Å². The molecule has 1 aliphatic carbocycles. The zero-order valence-electron chi connectivity index (χ0n) is 13.8. The van der Waals surface area contributed by atoms with Crippen LogP contribution >= 0.6 is 0 Å². The van der Waals surface area contributed by atoms with Crippen molar-refractivity contribution in [3.8, 4) is 0 Å². The maximum atomic E-state index is 12.6. The molecular weight excluding hydrogens is 326 g/mol. The fraction of sp³-hybridized carbons (Fsp3) is 0.412.